The molecule has 1 fully saturated rings. The van der Waals surface area contributed by atoms with Crippen LogP contribution in [0.4, 0.5) is 0 Å². The van der Waals surface area contributed by atoms with Gasteiger partial charge in [0.1, 0.15) is 23.1 Å². The number of rotatable bonds is 10. The maximum atomic E-state index is 12.1. The Hall–Kier alpha value is -1.99. The van der Waals surface area contributed by atoms with E-state index in [1.165, 1.54) is 0 Å². The monoisotopic (exact) mass is 452 g/mol. The van der Waals surface area contributed by atoms with Crippen LogP contribution in [-0.4, -0.2) is 56.9 Å². The van der Waals surface area contributed by atoms with E-state index in [1.807, 2.05) is 24.3 Å². The zero-order chi connectivity index (χ0) is 21.2. The third kappa shape index (κ3) is 7.36. The van der Waals surface area contributed by atoms with Crippen molar-refractivity contribution in [2.24, 2.45) is 0 Å². The lowest BCUT2D eigenvalue weighted by Gasteiger charge is -2.26. The Bertz CT molecular complexity index is 829. The molecule has 8 heteroatoms. The lowest BCUT2D eigenvalue weighted by Crippen LogP contribution is -2.38. The van der Waals surface area contributed by atoms with Gasteiger partial charge in [-0.1, -0.05) is 41.4 Å². The van der Waals surface area contributed by atoms with Crippen LogP contribution in [-0.2, 0) is 16.1 Å². The molecule has 1 heterocycles. The van der Waals surface area contributed by atoms with Gasteiger partial charge in [0, 0.05) is 26.2 Å². The van der Waals surface area contributed by atoms with Crippen LogP contribution in [0.2, 0.25) is 10.0 Å². The molecule has 2 aromatic carbocycles. The molecule has 1 aliphatic rings. The number of nitrogens with zero attached hydrogens (tertiary/aromatic N) is 1. The van der Waals surface area contributed by atoms with Crippen molar-refractivity contribution in [3.63, 3.8) is 0 Å². The van der Waals surface area contributed by atoms with Gasteiger partial charge in [-0.25, -0.2) is 0 Å². The van der Waals surface area contributed by atoms with Crippen molar-refractivity contribution < 1.29 is 19.0 Å². The van der Waals surface area contributed by atoms with Crippen LogP contribution in [0.3, 0.4) is 0 Å². The highest BCUT2D eigenvalue weighted by Gasteiger charge is 2.10. The first-order valence-electron chi connectivity index (χ1n) is 9.97. The van der Waals surface area contributed by atoms with Crippen molar-refractivity contribution in [3.8, 4) is 11.5 Å². The molecule has 6 nitrogen and oxygen atoms in total. The Morgan fingerprint density at radius 2 is 1.87 bits per heavy atom. The van der Waals surface area contributed by atoms with Crippen molar-refractivity contribution in [3.05, 3.63) is 58.1 Å². The van der Waals surface area contributed by atoms with Crippen LogP contribution < -0.4 is 14.8 Å². The molecule has 3 rings (SSSR count). The highest BCUT2D eigenvalue weighted by Crippen LogP contribution is 2.31. The van der Waals surface area contributed by atoms with Gasteiger partial charge in [-0.05, 0) is 29.8 Å². The van der Waals surface area contributed by atoms with Crippen molar-refractivity contribution in [2.75, 3.05) is 46.1 Å². The molecular formula is C22H26Cl2N2O4. The summed E-state index contributed by atoms with van der Waals surface area (Å²) in [5.41, 5.74) is 0.978. The van der Waals surface area contributed by atoms with Gasteiger partial charge in [-0.2, -0.15) is 0 Å². The number of benzene rings is 2. The topological polar surface area (TPSA) is 60.0 Å². The molecule has 0 saturated carbocycles. The van der Waals surface area contributed by atoms with Crippen molar-refractivity contribution in [2.45, 2.75) is 13.0 Å². The maximum Gasteiger partial charge on any atom is 0.223 e. The second kappa shape index (κ2) is 12.0. The lowest BCUT2D eigenvalue weighted by atomic mass is 10.2. The van der Waals surface area contributed by atoms with Crippen molar-refractivity contribution in [1.29, 1.82) is 0 Å². The molecule has 1 saturated heterocycles. The van der Waals surface area contributed by atoms with E-state index in [4.69, 9.17) is 37.4 Å². The molecule has 0 unspecified atom stereocenters. The first-order chi connectivity index (χ1) is 14.6. The Morgan fingerprint density at radius 1 is 1.07 bits per heavy atom. The SMILES string of the molecule is O=C(CCOc1cccc(Cl)c1Cl)NCc1cccc(OCCN2CCOCC2)c1. The number of hydrogen-bond donors (Lipinski definition) is 1. The summed E-state index contributed by atoms with van der Waals surface area (Å²) in [6.45, 7) is 5.61. The number of carbonyl (C=O) groups excluding carboxylic acids is 1. The molecule has 1 aliphatic heterocycles. The number of carbonyl (C=O) groups is 1. The summed E-state index contributed by atoms with van der Waals surface area (Å²) in [7, 11) is 0. The standard InChI is InChI=1S/C22H26Cl2N2O4/c23-19-5-2-6-20(22(19)24)30-11-7-21(27)25-16-17-3-1-4-18(15-17)29-14-10-26-8-12-28-13-9-26/h1-6,15H,7-14,16H2,(H,25,27). The number of hydrogen-bond acceptors (Lipinski definition) is 5. The third-order valence-electron chi connectivity index (χ3n) is 4.67. The van der Waals surface area contributed by atoms with E-state index < -0.39 is 0 Å². The molecule has 0 aromatic heterocycles. The van der Waals surface area contributed by atoms with Gasteiger partial charge in [-0.3, -0.25) is 9.69 Å². The van der Waals surface area contributed by atoms with E-state index in [0.717, 1.165) is 44.2 Å². The number of nitrogens with one attached hydrogen (secondary N) is 1. The van der Waals surface area contributed by atoms with Gasteiger partial charge in [0.05, 0.1) is 31.3 Å². The number of halogens is 2. The lowest BCUT2D eigenvalue weighted by molar-refractivity contribution is -0.121. The predicted octanol–water partition coefficient (Wildman–Crippen LogP) is 3.79. The van der Waals surface area contributed by atoms with Gasteiger partial charge in [-0.15, -0.1) is 0 Å². The van der Waals surface area contributed by atoms with E-state index in [9.17, 15) is 4.79 Å². The van der Waals surface area contributed by atoms with Gasteiger partial charge in [0.25, 0.3) is 0 Å². The normalized spacial score (nSPS) is 14.3. The highest BCUT2D eigenvalue weighted by atomic mass is 35.5. The van der Waals surface area contributed by atoms with E-state index in [1.54, 1.807) is 18.2 Å². The maximum absolute atomic E-state index is 12.1. The van der Waals surface area contributed by atoms with Crippen LogP contribution >= 0.6 is 23.2 Å². The van der Waals surface area contributed by atoms with Crippen LogP contribution in [0, 0.1) is 0 Å². The summed E-state index contributed by atoms with van der Waals surface area (Å²) in [6, 6.07) is 12.9. The fraction of sp³-hybridized carbons (Fsp3) is 0.409. The number of morpholine rings is 1. The van der Waals surface area contributed by atoms with E-state index in [-0.39, 0.29) is 18.9 Å². The summed E-state index contributed by atoms with van der Waals surface area (Å²) in [5, 5.41) is 3.66. The summed E-state index contributed by atoms with van der Waals surface area (Å²) in [4.78, 5) is 14.4. The molecular weight excluding hydrogens is 427 g/mol. The second-order valence-electron chi connectivity index (χ2n) is 6.88. The Kier molecular flexibility index (Phi) is 9.08. The number of amides is 1. The van der Waals surface area contributed by atoms with Crippen LogP contribution in [0.15, 0.2) is 42.5 Å². The Balaban J connectivity index is 1.36. The van der Waals surface area contributed by atoms with Crippen LogP contribution in [0.25, 0.3) is 0 Å². The molecule has 0 radical (unpaired) electrons. The van der Waals surface area contributed by atoms with Crippen molar-refractivity contribution >= 4 is 29.1 Å². The predicted molar refractivity (Wildman–Crippen MR) is 118 cm³/mol. The minimum atomic E-state index is -0.105. The van der Waals surface area contributed by atoms with Crippen LogP contribution in [0.1, 0.15) is 12.0 Å². The Labute approximate surface area is 187 Å². The molecule has 1 amide bonds. The van der Waals surface area contributed by atoms with E-state index in [2.05, 4.69) is 10.2 Å². The third-order valence-corrected chi connectivity index (χ3v) is 5.47. The largest absolute Gasteiger partial charge is 0.492 e. The first kappa shape index (κ1) is 22.7. The first-order valence-corrected chi connectivity index (χ1v) is 10.7. The van der Waals surface area contributed by atoms with Gasteiger partial charge < -0.3 is 19.5 Å². The van der Waals surface area contributed by atoms with Gasteiger partial charge in [0.2, 0.25) is 5.91 Å². The second-order valence-corrected chi connectivity index (χ2v) is 7.66. The smallest absolute Gasteiger partial charge is 0.223 e. The molecule has 0 atom stereocenters. The average Bonchev–Trinajstić information content (AvgIpc) is 2.76. The molecule has 0 bridgehead atoms. The zero-order valence-electron chi connectivity index (χ0n) is 16.7. The average molecular weight is 453 g/mol. The fourth-order valence-corrected chi connectivity index (χ4v) is 3.35. The van der Waals surface area contributed by atoms with Gasteiger partial charge in [0.15, 0.2) is 0 Å². The molecule has 162 valence electrons. The minimum Gasteiger partial charge on any atom is -0.492 e. The van der Waals surface area contributed by atoms with Crippen molar-refractivity contribution in [1.82, 2.24) is 10.2 Å². The summed E-state index contributed by atoms with van der Waals surface area (Å²) in [6.07, 6.45) is 0.221. The van der Waals surface area contributed by atoms with Crippen LogP contribution in [0.5, 0.6) is 11.5 Å². The van der Waals surface area contributed by atoms with Gasteiger partial charge >= 0.3 is 0 Å². The number of ether oxygens (including phenoxy) is 3. The van der Waals surface area contributed by atoms with E-state index >= 15 is 0 Å². The Morgan fingerprint density at radius 3 is 2.70 bits per heavy atom. The van der Waals surface area contributed by atoms with E-state index in [0.29, 0.717) is 28.9 Å². The quantitative estimate of drug-likeness (QED) is 0.593. The molecule has 0 aliphatic carbocycles. The summed E-state index contributed by atoms with van der Waals surface area (Å²) in [5.74, 6) is 1.17. The zero-order valence-corrected chi connectivity index (χ0v) is 18.3. The summed E-state index contributed by atoms with van der Waals surface area (Å²) < 4.78 is 16.7. The molecule has 0 spiro atoms. The summed E-state index contributed by atoms with van der Waals surface area (Å²) >= 11 is 12.0. The minimum absolute atomic E-state index is 0.105. The highest BCUT2D eigenvalue weighted by molar-refractivity contribution is 6.42. The fourth-order valence-electron chi connectivity index (χ4n) is 3.00. The molecule has 30 heavy (non-hydrogen) atoms. The molecule has 1 N–H and O–H groups in total. The molecule has 2 aromatic rings.